The number of aryl methyl sites for hydroxylation is 1. The number of thiazole rings is 1. The molecule has 2 aromatic rings. The van der Waals surface area contributed by atoms with Gasteiger partial charge in [-0.15, -0.1) is 11.3 Å². The van der Waals surface area contributed by atoms with Crippen LogP contribution in [-0.2, 0) is 7.05 Å². The van der Waals surface area contributed by atoms with Crippen molar-refractivity contribution < 1.29 is 4.79 Å². The van der Waals surface area contributed by atoms with E-state index in [0.29, 0.717) is 17.7 Å². The third kappa shape index (κ3) is 3.32. The smallest absolute Gasteiger partial charge is 0.273 e. The summed E-state index contributed by atoms with van der Waals surface area (Å²) in [5, 5.41) is 6.90. The molecular weight excluding hydrogens is 308 g/mol. The molecule has 0 bridgehead atoms. The summed E-state index contributed by atoms with van der Waals surface area (Å²) in [6.07, 6.45) is 8.54. The molecule has 2 aromatic heterocycles. The van der Waals surface area contributed by atoms with Gasteiger partial charge >= 0.3 is 0 Å². The number of hydrogen-bond acceptors (Lipinski definition) is 4. The monoisotopic (exact) mass is 332 g/mol. The van der Waals surface area contributed by atoms with Crippen LogP contribution in [0.2, 0.25) is 0 Å². The SMILES string of the molecule is CCN(C(=O)c1csc(-c2cnn(C)c2)n1)[C@@H]1CCCC[C@@H]1C. The molecule has 1 saturated carbocycles. The Bertz CT molecular complexity index is 678. The minimum absolute atomic E-state index is 0.0673. The van der Waals surface area contributed by atoms with E-state index in [1.807, 2.05) is 23.5 Å². The van der Waals surface area contributed by atoms with Crippen LogP contribution < -0.4 is 0 Å². The van der Waals surface area contributed by atoms with E-state index in [4.69, 9.17) is 0 Å². The number of amides is 1. The van der Waals surface area contributed by atoms with Gasteiger partial charge < -0.3 is 4.90 Å². The van der Waals surface area contributed by atoms with Crippen molar-refractivity contribution in [2.75, 3.05) is 6.54 Å². The number of carbonyl (C=O) groups excluding carboxylic acids is 1. The summed E-state index contributed by atoms with van der Waals surface area (Å²) in [4.78, 5) is 19.5. The normalized spacial score (nSPS) is 21.3. The van der Waals surface area contributed by atoms with Crippen LogP contribution >= 0.6 is 11.3 Å². The fourth-order valence-corrected chi connectivity index (χ4v) is 4.24. The van der Waals surface area contributed by atoms with Gasteiger partial charge in [0.1, 0.15) is 10.7 Å². The molecule has 1 amide bonds. The Labute approximate surface area is 141 Å². The van der Waals surface area contributed by atoms with Crippen LogP contribution in [0.5, 0.6) is 0 Å². The lowest BCUT2D eigenvalue weighted by Crippen LogP contribution is -2.45. The average Bonchev–Trinajstić information content (AvgIpc) is 3.18. The first-order valence-electron chi connectivity index (χ1n) is 8.35. The second-order valence-electron chi connectivity index (χ2n) is 6.36. The summed E-state index contributed by atoms with van der Waals surface area (Å²) < 4.78 is 1.75. The van der Waals surface area contributed by atoms with Gasteiger partial charge in [0.05, 0.1) is 6.20 Å². The molecule has 0 spiro atoms. The topological polar surface area (TPSA) is 51.0 Å². The minimum Gasteiger partial charge on any atom is -0.334 e. The van der Waals surface area contributed by atoms with Crippen LogP contribution in [-0.4, -0.2) is 38.2 Å². The summed E-state index contributed by atoms with van der Waals surface area (Å²) in [7, 11) is 1.88. The fourth-order valence-electron chi connectivity index (χ4n) is 3.47. The third-order valence-corrected chi connectivity index (χ3v) is 5.63. The van der Waals surface area contributed by atoms with Gasteiger partial charge in [0.15, 0.2) is 0 Å². The first kappa shape index (κ1) is 16.2. The summed E-state index contributed by atoms with van der Waals surface area (Å²) in [5.41, 5.74) is 1.53. The van der Waals surface area contributed by atoms with E-state index in [0.717, 1.165) is 23.5 Å². The summed E-state index contributed by atoms with van der Waals surface area (Å²) in [5.74, 6) is 0.640. The van der Waals surface area contributed by atoms with E-state index in [1.165, 1.54) is 30.6 Å². The maximum atomic E-state index is 12.9. The Kier molecular flexibility index (Phi) is 4.80. The number of rotatable bonds is 4. The summed E-state index contributed by atoms with van der Waals surface area (Å²) in [6, 6.07) is 0.352. The first-order valence-corrected chi connectivity index (χ1v) is 9.23. The zero-order valence-corrected chi connectivity index (χ0v) is 14.8. The molecule has 2 heterocycles. The Balaban J connectivity index is 1.80. The predicted octanol–water partition coefficient (Wildman–Crippen LogP) is 3.58. The van der Waals surface area contributed by atoms with E-state index < -0.39 is 0 Å². The molecule has 2 atom stereocenters. The highest BCUT2D eigenvalue weighted by Gasteiger charge is 2.31. The predicted molar refractivity (Wildman–Crippen MR) is 92.4 cm³/mol. The summed E-state index contributed by atoms with van der Waals surface area (Å²) in [6.45, 7) is 5.07. The van der Waals surface area contributed by atoms with Gasteiger partial charge in [-0.05, 0) is 25.7 Å². The highest BCUT2D eigenvalue weighted by molar-refractivity contribution is 7.13. The quantitative estimate of drug-likeness (QED) is 0.860. The van der Waals surface area contributed by atoms with Crippen LogP contribution in [0, 0.1) is 5.92 Å². The van der Waals surface area contributed by atoms with E-state index in [9.17, 15) is 4.79 Å². The third-order valence-electron chi connectivity index (χ3n) is 4.74. The van der Waals surface area contributed by atoms with Gasteiger partial charge in [0, 0.05) is 36.8 Å². The van der Waals surface area contributed by atoms with Crippen LogP contribution in [0.4, 0.5) is 0 Å². The van der Waals surface area contributed by atoms with E-state index in [-0.39, 0.29) is 5.91 Å². The average molecular weight is 332 g/mol. The highest BCUT2D eigenvalue weighted by Crippen LogP contribution is 2.30. The largest absolute Gasteiger partial charge is 0.334 e. The lowest BCUT2D eigenvalue weighted by atomic mass is 9.84. The van der Waals surface area contributed by atoms with Gasteiger partial charge in [-0.1, -0.05) is 19.8 Å². The van der Waals surface area contributed by atoms with Crippen molar-refractivity contribution in [1.82, 2.24) is 19.7 Å². The van der Waals surface area contributed by atoms with Gasteiger partial charge in [-0.3, -0.25) is 9.48 Å². The van der Waals surface area contributed by atoms with Crippen molar-refractivity contribution in [2.24, 2.45) is 13.0 Å². The second kappa shape index (κ2) is 6.83. The molecule has 3 rings (SSSR count). The van der Waals surface area contributed by atoms with E-state index in [2.05, 4.69) is 23.9 Å². The Morgan fingerprint density at radius 1 is 1.43 bits per heavy atom. The molecule has 0 saturated heterocycles. The van der Waals surface area contributed by atoms with Gasteiger partial charge in [0.2, 0.25) is 0 Å². The van der Waals surface area contributed by atoms with Crippen molar-refractivity contribution in [3.8, 4) is 10.6 Å². The van der Waals surface area contributed by atoms with Crippen LogP contribution in [0.3, 0.4) is 0 Å². The van der Waals surface area contributed by atoms with Gasteiger partial charge in [-0.25, -0.2) is 4.98 Å². The molecule has 0 radical (unpaired) electrons. The summed E-state index contributed by atoms with van der Waals surface area (Å²) >= 11 is 1.51. The molecule has 5 nitrogen and oxygen atoms in total. The molecule has 1 fully saturated rings. The highest BCUT2D eigenvalue weighted by atomic mass is 32.1. The van der Waals surface area contributed by atoms with Crippen molar-refractivity contribution >= 4 is 17.2 Å². The Morgan fingerprint density at radius 2 is 2.22 bits per heavy atom. The fraction of sp³-hybridized carbons (Fsp3) is 0.588. The van der Waals surface area contributed by atoms with Crippen molar-refractivity contribution in [2.45, 2.75) is 45.6 Å². The molecule has 0 N–H and O–H groups in total. The van der Waals surface area contributed by atoms with E-state index >= 15 is 0 Å². The molecule has 0 aromatic carbocycles. The van der Waals surface area contributed by atoms with Crippen LogP contribution in [0.1, 0.15) is 50.0 Å². The Hall–Kier alpha value is -1.69. The number of carbonyl (C=O) groups is 1. The molecule has 6 heteroatoms. The van der Waals surface area contributed by atoms with Crippen molar-refractivity contribution in [3.63, 3.8) is 0 Å². The molecule has 1 aliphatic rings. The van der Waals surface area contributed by atoms with Gasteiger partial charge in [0.25, 0.3) is 5.91 Å². The number of nitrogens with zero attached hydrogens (tertiary/aromatic N) is 4. The lowest BCUT2D eigenvalue weighted by Gasteiger charge is -2.37. The zero-order chi connectivity index (χ0) is 16.4. The first-order chi connectivity index (χ1) is 11.1. The molecule has 0 aliphatic heterocycles. The van der Waals surface area contributed by atoms with E-state index in [1.54, 1.807) is 10.9 Å². The van der Waals surface area contributed by atoms with Crippen LogP contribution in [0.25, 0.3) is 10.6 Å². The standard InChI is InChI=1S/C17H24N4OS/c1-4-21(15-8-6-5-7-12(15)2)17(22)14-11-23-16(19-14)13-9-18-20(3)10-13/h9-12,15H,4-8H2,1-3H3/t12-,15+/m0/s1. The minimum atomic E-state index is 0.0673. The number of aromatic nitrogens is 3. The molecule has 0 unspecified atom stereocenters. The van der Waals surface area contributed by atoms with Crippen LogP contribution in [0.15, 0.2) is 17.8 Å². The Morgan fingerprint density at radius 3 is 2.87 bits per heavy atom. The van der Waals surface area contributed by atoms with Gasteiger partial charge in [-0.2, -0.15) is 5.10 Å². The number of hydrogen-bond donors (Lipinski definition) is 0. The molecule has 1 aliphatic carbocycles. The maximum Gasteiger partial charge on any atom is 0.273 e. The van der Waals surface area contributed by atoms with Crippen molar-refractivity contribution in [1.29, 1.82) is 0 Å². The second-order valence-corrected chi connectivity index (χ2v) is 7.22. The molecule has 23 heavy (non-hydrogen) atoms. The lowest BCUT2D eigenvalue weighted by molar-refractivity contribution is 0.0565. The molecular formula is C17H24N4OS. The zero-order valence-electron chi connectivity index (χ0n) is 14.0. The van der Waals surface area contributed by atoms with Crippen molar-refractivity contribution in [3.05, 3.63) is 23.5 Å². The molecule has 124 valence electrons. The maximum absolute atomic E-state index is 12.9.